The third-order valence-electron chi connectivity index (χ3n) is 4.79. The Bertz CT molecular complexity index is 1310. The summed E-state index contributed by atoms with van der Waals surface area (Å²) in [4.78, 5) is 48.9. The summed E-state index contributed by atoms with van der Waals surface area (Å²) in [5, 5.41) is 38.3. The Hall–Kier alpha value is -4.41. The van der Waals surface area contributed by atoms with Crippen LogP contribution < -0.4 is 10.6 Å². The summed E-state index contributed by atoms with van der Waals surface area (Å²) in [6.07, 6.45) is 0. The van der Waals surface area contributed by atoms with E-state index in [9.17, 15) is 29.8 Å². The molecule has 2 N–H and O–H groups in total. The number of nitrogens with zero attached hydrogens (tertiary/aromatic N) is 8. The van der Waals surface area contributed by atoms with E-state index in [-0.39, 0.29) is 60.0 Å². The molecule has 186 valence electrons. The number of aromatic nitrogens is 6. The van der Waals surface area contributed by atoms with E-state index in [4.69, 9.17) is 16.1 Å². The van der Waals surface area contributed by atoms with Crippen molar-refractivity contribution in [1.82, 2.24) is 40.3 Å². The smallest absolute Gasteiger partial charge is 0.358 e. The molecule has 0 saturated heterocycles. The van der Waals surface area contributed by atoms with Crippen molar-refractivity contribution < 1.29 is 24.0 Å². The lowest BCUT2D eigenvalue weighted by molar-refractivity contribution is -0.389. The molecule has 3 heterocycles. The Kier molecular flexibility index (Phi) is 7.38. The van der Waals surface area contributed by atoms with Gasteiger partial charge in [-0.3, -0.25) is 24.4 Å². The Morgan fingerprint density at radius 1 is 1.03 bits per heavy atom. The number of hydrogen-bond donors (Lipinski definition) is 2. The van der Waals surface area contributed by atoms with E-state index in [1.54, 1.807) is 0 Å². The zero-order valence-corrected chi connectivity index (χ0v) is 19.4. The van der Waals surface area contributed by atoms with E-state index in [0.717, 1.165) is 0 Å². The molecule has 0 saturated carbocycles. The summed E-state index contributed by atoms with van der Waals surface area (Å²) >= 11 is 5.88. The van der Waals surface area contributed by atoms with Crippen molar-refractivity contribution in [2.45, 2.75) is 33.9 Å². The van der Waals surface area contributed by atoms with Gasteiger partial charge in [-0.1, -0.05) is 16.8 Å². The van der Waals surface area contributed by atoms with Crippen LogP contribution in [0, 0.1) is 41.0 Å². The number of amides is 2. The van der Waals surface area contributed by atoms with Crippen molar-refractivity contribution in [2.24, 2.45) is 0 Å². The molecule has 18 heteroatoms. The second-order valence-electron chi connectivity index (χ2n) is 7.19. The van der Waals surface area contributed by atoms with Crippen molar-refractivity contribution in [3.05, 3.63) is 54.0 Å². The van der Waals surface area contributed by atoms with Gasteiger partial charge in [-0.15, -0.1) is 0 Å². The molecule has 3 aromatic heterocycles. The van der Waals surface area contributed by atoms with E-state index in [1.807, 2.05) is 0 Å². The van der Waals surface area contributed by atoms with Crippen LogP contribution in [0.2, 0.25) is 5.02 Å². The van der Waals surface area contributed by atoms with Crippen LogP contribution in [-0.2, 0) is 17.9 Å². The van der Waals surface area contributed by atoms with E-state index in [0.29, 0.717) is 5.69 Å². The van der Waals surface area contributed by atoms with Crippen LogP contribution in [0.1, 0.15) is 33.6 Å². The predicted molar refractivity (Wildman–Crippen MR) is 116 cm³/mol. The molecule has 0 spiro atoms. The van der Waals surface area contributed by atoms with E-state index >= 15 is 0 Å². The third kappa shape index (κ3) is 5.57. The monoisotopic (exact) mass is 510 g/mol. The molecule has 3 aromatic rings. The molecule has 0 aromatic carbocycles. The van der Waals surface area contributed by atoms with Crippen molar-refractivity contribution in [1.29, 1.82) is 0 Å². The summed E-state index contributed by atoms with van der Waals surface area (Å²) < 4.78 is 7.33. The molecule has 0 aliphatic rings. The first kappa shape index (κ1) is 25.2. The van der Waals surface area contributed by atoms with E-state index in [2.05, 4.69) is 31.0 Å². The highest BCUT2D eigenvalue weighted by molar-refractivity contribution is 6.33. The Labute approximate surface area is 200 Å². The van der Waals surface area contributed by atoms with Gasteiger partial charge in [0.2, 0.25) is 5.91 Å². The van der Waals surface area contributed by atoms with Gasteiger partial charge in [-0.2, -0.15) is 14.8 Å². The highest BCUT2D eigenvalue weighted by atomic mass is 35.5. The van der Waals surface area contributed by atoms with Gasteiger partial charge in [0.05, 0.1) is 15.7 Å². The van der Waals surface area contributed by atoms with Crippen LogP contribution >= 0.6 is 11.6 Å². The summed E-state index contributed by atoms with van der Waals surface area (Å²) in [6.45, 7) is 4.25. The third-order valence-corrected chi connectivity index (χ3v) is 5.24. The fourth-order valence-electron chi connectivity index (χ4n) is 3.07. The lowest BCUT2D eigenvalue weighted by atomic mass is 10.3. The number of hydrogen-bond acceptors (Lipinski definition) is 11. The first-order chi connectivity index (χ1) is 16.5. The van der Waals surface area contributed by atoms with Crippen LogP contribution in [0.25, 0.3) is 0 Å². The average molecular weight is 511 g/mol. The van der Waals surface area contributed by atoms with Gasteiger partial charge in [0, 0.05) is 13.1 Å². The minimum atomic E-state index is -0.721. The van der Waals surface area contributed by atoms with Gasteiger partial charge in [0.15, 0.2) is 10.8 Å². The number of nitro groups is 2. The van der Waals surface area contributed by atoms with Gasteiger partial charge in [0.1, 0.15) is 24.5 Å². The molecule has 0 fully saturated rings. The second kappa shape index (κ2) is 10.2. The number of nitrogens with one attached hydrogen (secondary N) is 2. The fourth-order valence-corrected chi connectivity index (χ4v) is 3.28. The maximum absolute atomic E-state index is 12.2. The number of rotatable bonds is 10. The van der Waals surface area contributed by atoms with Gasteiger partial charge in [0.25, 0.3) is 0 Å². The molecule has 0 radical (unpaired) electrons. The number of aryl methyl sites for hydroxylation is 1. The normalized spacial score (nSPS) is 10.9. The predicted octanol–water partition coefficient (Wildman–Crippen LogP) is 0.452. The molecule has 0 aliphatic carbocycles. The second-order valence-corrected chi connectivity index (χ2v) is 7.57. The van der Waals surface area contributed by atoms with Crippen molar-refractivity contribution in [3.63, 3.8) is 0 Å². The van der Waals surface area contributed by atoms with Crippen molar-refractivity contribution in [2.75, 3.05) is 13.1 Å². The minimum absolute atomic E-state index is 0.0274. The molecule has 2 amide bonds. The Balaban J connectivity index is 1.48. The lowest BCUT2D eigenvalue weighted by Gasteiger charge is -2.06. The molecular formula is C17H19ClN10O7. The van der Waals surface area contributed by atoms with Crippen LogP contribution in [0.4, 0.5) is 11.5 Å². The summed E-state index contributed by atoms with van der Waals surface area (Å²) in [5.74, 6) is -1.98. The molecule has 0 atom stereocenters. The fraction of sp³-hybridized carbons (Fsp3) is 0.412. The van der Waals surface area contributed by atoms with Gasteiger partial charge >= 0.3 is 23.3 Å². The molecule has 0 aliphatic heterocycles. The maximum atomic E-state index is 12.2. The molecule has 3 rings (SSSR count). The lowest BCUT2D eigenvalue weighted by Crippen LogP contribution is -2.36. The quantitative estimate of drug-likeness (QED) is 0.216. The highest BCUT2D eigenvalue weighted by Gasteiger charge is 2.26. The largest absolute Gasteiger partial charge is 0.408 e. The zero-order valence-electron chi connectivity index (χ0n) is 18.6. The van der Waals surface area contributed by atoms with E-state index in [1.165, 1.54) is 30.1 Å². The first-order valence-electron chi connectivity index (χ1n) is 9.92. The molecular weight excluding hydrogens is 492 g/mol. The van der Waals surface area contributed by atoms with Crippen LogP contribution in [0.15, 0.2) is 4.52 Å². The van der Waals surface area contributed by atoms with Crippen LogP contribution in [-0.4, -0.2) is 64.5 Å². The zero-order chi connectivity index (χ0) is 25.9. The van der Waals surface area contributed by atoms with Gasteiger partial charge < -0.3 is 25.3 Å². The first-order valence-corrected chi connectivity index (χ1v) is 10.3. The highest BCUT2D eigenvalue weighted by Crippen LogP contribution is 2.26. The maximum Gasteiger partial charge on any atom is 0.408 e. The molecule has 0 unspecified atom stereocenters. The van der Waals surface area contributed by atoms with Crippen LogP contribution in [0.5, 0.6) is 0 Å². The summed E-state index contributed by atoms with van der Waals surface area (Å²) in [5.41, 5.74) is 0.633. The van der Waals surface area contributed by atoms with E-state index < -0.39 is 27.5 Å². The van der Waals surface area contributed by atoms with Gasteiger partial charge in [-0.05, 0) is 25.7 Å². The average Bonchev–Trinajstić information content (AvgIpc) is 3.44. The molecule has 35 heavy (non-hydrogen) atoms. The Morgan fingerprint density at radius 2 is 1.71 bits per heavy atom. The molecule has 0 bridgehead atoms. The van der Waals surface area contributed by atoms with Crippen molar-refractivity contribution >= 4 is 34.9 Å². The summed E-state index contributed by atoms with van der Waals surface area (Å²) in [7, 11) is 0. The molecule has 17 nitrogen and oxygen atoms in total. The standard InChI is InChI=1S/C17H19ClN10O7/c1-8-14(27(31)32)10(3)26(22-8)7-12(29)19-4-5-20-16(30)17-21-11(24-35-17)6-25-9(2)13(18)15(23-25)28(33)34/h4-7H2,1-3H3,(H,19,29)(H,20,30). The van der Waals surface area contributed by atoms with Crippen LogP contribution in [0.3, 0.4) is 0 Å². The number of halogens is 1. The summed E-state index contributed by atoms with van der Waals surface area (Å²) in [6, 6.07) is 0. The number of carbonyl (C=O) groups is 2. The minimum Gasteiger partial charge on any atom is -0.358 e. The van der Waals surface area contributed by atoms with Crippen molar-refractivity contribution in [3.8, 4) is 0 Å². The SMILES string of the molecule is Cc1nn(CC(=O)NCCNC(=O)c2nc(Cn3nc([N+](=O)[O-])c(Cl)c3C)no2)c(C)c1[N+](=O)[O-]. The van der Waals surface area contributed by atoms with Gasteiger partial charge in [-0.25, -0.2) is 0 Å². The Morgan fingerprint density at radius 3 is 2.31 bits per heavy atom. The number of carbonyl (C=O) groups excluding carboxylic acids is 2. The topological polar surface area (TPSA) is 219 Å².